The van der Waals surface area contributed by atoms with Crippen LogP contribution in [0.25, 0.3) is 11.0 Å². The number of hydrogen-bond acceptors (Lipinski definition) is 2. The van der Waals surface area contributed by atoms with Gasteiger partial charge in [-0.15, -0.1) is 22.9 Å². The fraction of sp³-hybridized carbons (Fsp3) is 0.214. The van der Waals surface area contributed by atoms with Crippen LogP contribution in [0.4, 0.5) is 0 Å². The maximum absolute atomic E-state index is 6.19. The normalized spacial score (nSPS) is 11.3. The molecule has 0 aliphatic heterocycles. The first-order chi connectivity index (χ1) is 9.69. The lowest BCUT2D eigenvalue weighted by atomic mass is 10.3. The molecule has 1 aromatic carbocycles. The van der Waals surface area contributed by atoms with E-state index >= 15 is 0 Å². The minimum Gasteiger partial charge on any atom is -0.327 e. The second kappa shape index (κ2) is 5.94. The Morgan fingerprint density at radius 2 is 2.00 bits per heavy atom. The van der Waals surface area contributed by atoms with E-state index < -0.39 is 0 Å². The van der Waals surface area contributed by atoms with E-state index in [0.717, 1.165) is 34.2 Å². The Bertz CT molecular complexity index is 748. The van der Waals surface area contributed by atoms with Gasteiger partial charge in [0.2, 0.25) is 0 Å². The van der Waals surface area contributed by atoms with Crippen LogP contribution < -0.4 is 0 Å². The summed E-state index contributed by atoms with van der Waals surface area (Å²) >= 11 is 19.7. The van der Waals surface area contributed by atoms with E-state index in [0.29, 0.717) is 10.9 Å². The first-order valence-corrected chi connectivity index (χ1v) is 8.23. The Hall–Kier alpha value is -0.740. The van der Waals surface area contributed by atoms with Crippen molar-refractivity contribution in [3.63, 3.8) is 0 Å². The number of aryl methyl sites for hydroxylation is 2. The monoisotopic (exact) mass is 344 g/mol. The van der Waals surface area contributed by atoms with Crippen molar-refractivity contribution < 1.29 is 0 Å². The average Bonchev–Trinajstić information content (AvgIpc) is 3.01. The van der Waals surface area contributed by atoms with Crippen molar-refractivity contribution in [2.24, 2.45) is 0 Å². The molecule has 0 amide bonds. The topological polar surface area (TPSA) is 17.8 Å². The standard InChI is InChI=1S/C14H11Cl3N2S/c15-8-13-18-14-10(16)2-1-3-11(14)19(13)7-6-9-4-5-12(17)20-9/h1-5H,6-8H2. The number of benzene rings is 1. The molecule has 0 saturated carbocycles. The molecule has 104 valence electrons. The van der Waals surface area contributed by atoms with Crippen LogP contribution >= 0.6 is 46.1 Å². The van der Waals surface area contributed by atoms with Crippen molar-refractivity contribution in [2.45, 2.75) is 18.8 Å². The molecule has 0 radical (unpaired) electrons. The predicted octanol–water partition coefficient (Wildman–Crippen LogP) is 5.39. The molecule has 0 aliphatic rings. The van der Waals surface area contributed by atoms with Crippen molar-refractivity contribution in [2.75, 3.05) is 0 Å². The molecule has 0 N–H and O–H groups in total. The van der Waals surface area contributed by atoms with Crippen LogP contribution in [-0.4, -0.2) is 9.55 Å². The molecule has 2 nitrogen and oxygen atoms in total. The summed E-state index contributed by atoms with van der Waals surface area (Å²) in [6.45, 7) is 0.815. The molecular formula is C14H11Cl3N2S. The van der Waals surface area contributed by atoms with Gasteiger partial charge in [0, 0.05) is 11.4 Å². The molecule has 6 heteroatoms. The van der Waals surface area contributed by atoms with E-state index in [-0.39, 0.29) is 0 Å². The lowest BCUT2D eigenvalue weighted by Gasteiger charge is -2.06. The summed E-state index contributed by atoms with van der Waals surface area (Å²) in [5.41, 5.74) is 1.84. The summed E-state index contributed by atoms with van der Waals surface area (Å²) < 4.78 is 2.94. The van der Waals surface area contributed by atoms with Gasteiger partial charge in [0.05, 0.1) is 20.8 Å². The van der Waals surface area contributed by atoms with E-state index in [9.17, 15) is 0 Å². The van der Waals surface area contributed by atoms with Crippen molar-refractivity contribution in [3.05, 3.63) is 50.4 Å². The average molecular weight is 346 g/mol. The third-order valence-electron chi connectivity index (χ3n) is 3.14. The summed E-state index contributed by atoms with van der Waals surface area (Å²) in [5.74, 6) is 1.22. The zero-order valence-electron chi connectivity index (χ0n) is 10.4. The number of para-hydroxylation sites is 1. The van der Waals surface area contributed by atoms with Gasteiger partial charge in [-0.05, 0) is 30.7 Å². The Morgan fingerprint density at radius 3 is 2.70 bits per heavy atom. The van der Waals surface area contributed by atoms with Gasteiger partial charge >= 0.3 is 0 Å². The fourth-order valence-electron chi connectivity index (χ4n) is 2.22. The van der Waals surface area contributed by atoms with Gasteiger partial charge in [-0.3, -0.25) is 0 Å². The highest BCUT2D eigenvalue weighted by Crippen LogP contribution is 2.26. The van der Waals surface area contributed by atoms with Gasteiger partial charge in [-0.2, -0.15) is 0 Å². The largest absolute Gasteiger partial charge is 0.327 e. The minimum absolute atomic E-state index is 0.371. The lowest BCUT2D eigenvalue weighted by molar-refractivity contribution is 0.693. The van der Waals surface area contributed by atoms with E-state index in [4.69, 9.17) is 34.8 Å². The SMILES string of the molecule is ClCc1nc2c(Cl)cccc2n1CCc1ccc(Cl)s1. The van der Waals surface area contributed by atoms with Crippen LogP contribution in [0.1, 0.15) is 10.7 Å². The lowest BCUT2D eigenvalue weighted by Crippen LogP contribution is -2.04. The molecule has 0 spiro atoms. The third kappa shape index (κ3) is 2.68. The molecule has 2 heterocycles. The molecule has 0 fully saturated rings. The first-order valence-electron chi connectivity index (χ1n) is 6.13. The summed E-state index contributed by atoms with van der Waals surface area (Å²) in [7, 11) is 0. The summed E-state index contributed by atoms with van der Waals surface area (Å²) in [6, 6.07) is 9.78. The van der Waals surface area contributed by atoms with Crippen LogP contribution in [0.15, 0.2) is 30.3 Å². The van der Waals surface area contributed by atoms with Gasteiger partial charge in [0.15, 0.2) is 0 Å². The maximum atomic E-state index is 6.19. The smallest absolute Gasteiger partial charge is 0.124 e. The van der Waals surface area contributed by atoms with Crippen molar-refractivity contribution in [1.29, 1.82) is 0 Å². The highest BCUT2D eigenvalue weighted by Gasteiger charge is 2.12. The van der Waals surface area contributed by atoms with Crippen LogP contribution in [-0.2, 0) is 18.8 Å². The van der Waals surface area contributed by atoms with Crippen LogP contribution in [0.5, 0.6) is 0 Å². The van der Waals surface area contributed by atoms with Gasteiger partial charge in [0.25, 0.3) is 0 Å². The van der Waals surface area contributed by atoms with Gasteiger partial charge in [0.1, 0.15) is 11.3 Å². The van der Waals surface area contributed by atoms with E-state index in [1.165, 1.54) is 4.88 Å². The van der Waals surface area contributed by atoms with E-state index in [1.807, 2.05) is 24.3 Å². The number of rotatable bonds is 4. The number of aromatic nitrogens is 2. The highest BCUT2D eigenvalue weighted by molar-refractivity contribution is 7.16. The number of halogens is 3. The zero-order valence-corrected chi connectivity index (χ0v) is 13.5. The number of hydrogen-bond donors (Lipinski definition) is 0. The third-order valence-corrected chi connectivity index (χ3v) is 4.97. The minimum atomic E-state index is 0.371. The molecular weight excluding hydrogens is 335 g/mol. The molecule has 2 aromatic heterocycles. The number of imidazole rings is 1. The Labute approximate surface area is 135 Å². The molecule has 20 heavy (non-hydrogen) atoms. The fourth-order valence-corrected chi connectivity index (χ4v) is 3.71. The molecule has 0 bridgehead atoms. The molecule has 3 rings (SSSR count). The number of fused-ring (bicyclic) bond motifs is 1. The first kappa shape index (κ1) is 14.2. The second-order valence-electron chi connectivity index (χ2n) is 4.38. The Kier molecular flexibility index (Phi) is 4.22. The zero-order chi connectivity index (χ0) is 14.1. The second-order valence-corrected chi connectivity index (χ2v) is 6.85. The Balaban J connectivity index is 1.95. The molecule has 0 aliphatic carbocycles. The summed E-state index contributed by atoms with van der Waals surface area (Å²) in [5, 5.41) is 0.659. The molecule has 0 saturated heterocycles. The predicted molar refractivity (Wildman–Crippen MR) is 87.3 cm³/mol. The molecule has 0 atom stereocenters. The van der Waals surface area contributed by atoms with Crippen molar-refractivity contribution >= 4 is 57.2 Å². The van der Waals surface area contributed by atoms with Crippen LogP contribution in [0, 0.1) is 0 Å². The van der Waals surface area contributed by atoms with E-state index in [2.05, 4.69) is 15.6 Å². The number of thiophene rings is 1. The summed E-state index contributed by atoms with van der Waals surface area (Å²) in [6.07, 6.45) is 0.902. The Morgan fingerprint density at radius 1 is 1.15 bits per heavy atom. The van der Waals surface area contributed by atoms with Gasteiger partial charge in [-0.1, -0.05) is 29.3 Å². The van der Waals surface area contributed by atoms with E-state index in [1.54, 1.807) is 11.3 Å². The number of nitrogens with zero attached hydrogens (tertiary/aromatic N) is 2. The van der Waals surface area contributed by atoms with Crippen molar-refractivity contribution in [1.82, 2.24) is 9.55 Å². The molecule has 0 unspecified atom stereocenters. The quantitative estimate of drug-likeness (QED) is 0.580. The highest BCUT2D eigenvalue weighted by atomic mass is 35.5. The van der Waals surface area contributed by atoms with Crippen LogP contribution in [0.2, 0.25) is 9.36 Å². The van der Waals surface area contributed by atoms with Gasteiger partial charge in [-0.25, -0.2) is 4.98 Å². The summed E-state index contributed by atoms with van der Waals surface area (Å²) in [4.78, 5) is 5.77. The van der Waals surface area contributed by atoms with Gasteiger partial charge < -0.3 is 4.57 Å². The number of alkyl halides is 1. The maximum Gasteiger partial charge on any atom is 0.124 e. The van der Waals surface area contributed by atoms with Crippen molar-refractivity contribution in [3.8, 4) is 0 Å². The van der Waals surface area contributed by atoms with Crippen LogP contribution in [0.3, 0.4) is 0 Å². The molecule has 3 aromatic rings.